The fraction of sp³-hybridized carbons (Fsp3) is 0.417. The van der Waals surface area contributed by atoms with E-state index in [9.17, 15) is 9.59 Å². The lowest BCUT2D eigenvalue weighted by Gasteiger charge is -2.27. The van der Waals surface area contributed by atoms with Gasteiger partial charge in [0, 0.05) is 56.9 Å². The third kappa shape index (κ3) is 4.74. The number of amides is 1. The van der Waals surface area contributed by atoms with Crippen LogP contribution in [0.4, 0.5) is 11.5 Å². The zero-order valence-electron chi connectivity index (χ0n) is 18.8. The lowest BCUT2D eigenvalue weighted by atomic mass is 10.1. The molecule has 3 aromatic heterocycles. The van der Waals surface area contributed by atoms with E-state index in [0.717, 1.165) is 75.9 Å². The van der Waals surface area contributed by atoms with Crippen LogP contribution in [0, 0.1) is 6.92 Å². The second-order valence-corrected chi connectivity index (χ2v) is 8.63. The number of hydrogen-bond acceptors (Lipinski definition) is 7. The molecule has 2 aliphatic heterocycles. The molecule has 0 aliphatic carbocycles. The van der Waals surface area contributed by atoms with Crippen molar-refractivity contribution in [2.24, 2.45) is 0 Å². The number of nitrogens with one attached hydrogen (secondary N) is 1. The Morgan fingerprint density at radius 2 is 1.91 bits per heavy atom. The Hall–Kier alpha value is -3.30. The maximum atomic E-state index is 13.4. The molecule has 172 valence electrons. The number of aromatic nitrogens is 3. The van der Waals surface area contributed by atoms with E-state index in [4.69, 9.17) is 9.72 Å². The number of pyridine rings is 2. The van der Waals surface area contributed by atoms with Crippen molar-refractivity contribution in [2.75, 3.05) is 49.6 Å². The quantitative estimate of drug-likeness (QED) is 0.639. The Kier molecular flexibility index (Phi) is 6.06. The molecule has 3 aromatic rings. The number of hydrogen-bond donors (Lipinski definition) is 1. The monoisotopic (exact) mass is 448 g/mol. The maximum absolute atomic E-state index is 13.4. The fourth-order valence-corrected chi connectivity index (χ4v) is 4.49. The minimum absolute atomic E-state index is 0.195. The number of ether oxygens (including phenoxy) is 1. The van der Waals surface area contributed by atoms with Crippen molar-refractivity contribution in [3.8, 4) is 0 Å². The molecule has 9 heteroatoms. The lowest BCUT2D eigenvalue weighted by Crippen LogP contribution is -2.35. The molecule has 0 unspecified atom stereocenters. The predicted molar refractivity (Wildman–Crippen MR) is 126 cm³/mol. The number of carbonyl (C=O) groups excluding carboxylic acids is 1. The molecule has 0 radical (unpaired) electrons. The minimum Gasteiger partial charge on any atom is -0.379 e. The molecule has 2 aliphatic rings. The topological polar surface area (TPSA) is 92.1 Å². The molecule has 9 nitrogen and oxygen atoms in total. The van der Waals surface area contributed by atoms with E-state index >= 15 is 0 Å². The van der Waals surface area contributed by atoms with Gasteiger partial charge in [-0.2, -0.15) is 4.98 Å². The van der Waals surface area contributed by atoms with Gasteiger partial charge in [0.05, 0.1) is 24.5 Å². The predicted octanol–water partition coefficient (Wildman–Crippen LogP) is 2.08. The standard InChI is InChI=1S/C24H28N6O3/c1-17-12-22(31)27-21-5-4-19(16-30(17)21)26-24(32)20-13-18(15-28-8-10-33-11-9-28)14-25-23(20)29-6-2-3-7-29/h4-5,12-14,16H,2-3,6-11,15H2,1H3,(H,26,32). The summed E-state index contributed by atoms with van der Waals surface area (Å²) in [6.07, 6.45) is 5.89. The van der Waals surface area contributed by atoms with E-state index in [-0.39, 0.29) is 11.5 Å². The van der Waals surface area contributed by atoms with Gasteiger partial charge < -0.3 is 19.4 Å². The highest BCUT2D eigenvalue weighted by atomic mass is 16.5. The molecule has 1 N–H and O–H groups in total. The molecule has 5 heterocycles. The molecular weight excluding hydrogens is 420 g/mol. The van der Waals surface area contributed by atoms with Crippen molar-refractivity contribution < 1.29 is 9.53 Å². The molecule has 33 heavy (non-hydrogen) atoms. The zero-order valence-corrected chi connectivity index (χ0v) is 18.8. The lowest BCUT2D eigenvalue weighted by molar-refractivity contribution is 0.0341. The number of rotatable bonds is 5. The number of nitrogens with zero attached hydrogens (tertiary/aromatic N) is 5. The van der Waals surface area contributed by atoms with Gasteiger partial charge in [-0.3, -0.25) is 14.5 Å². The average molecular weight is 449 g/mol. The first-order valence-corrected chi connectivity index (χ1v) is 11.4. The van der Waals surface area contributed by atoms with Gasteiger partial charge >= 0.3 is 0 Å². The van der Waals surface area contributed by atoms with E-state index in [1.807, 2.05) is 19.2 Å². The number of anilines is 2. The molecule has 5 rings (SSSR count). The molecule has 0 spiro atoms. The van der Waals surface area contributed by atoms with Gasteiger partial charge in [0.25, 0.3) is 11.5 Å². The largest absolute Gasteiger partial charge is 0.379 e. The summed E-state index contributed by atoms with van der Waals surface area (Å²) >= 11 is 0. The maximum Gasteiger partial charge on any atom is 0.273 e. The first kappa shape index (κ1) is 21.5. The van der Waals surface area contributed by atoms with Gasteiger partial charge in [-0.15, -0.1) is 0 Å². The molecule has 1 amide bonds. The molecule has 0 atom stereocenters. The second-order valence-electron chi connectivity index (χ2n) is 8.63. The Bertz CT molecular complexity index is 1230. The highest BCUT2D eigenvalue weighted by Gasteiger charge is 2.22. The van der Waals surface area contributed by atoms with Crippen LogP contribution in [0.1, 0.15) is 34.5 Å². The van der Waals surface area contributed by atoms with Gasteiger partial charge in [-0.1, -0.05) is 0 Å². The summed E-state index contributed by atoms with van der Waals surface area (Å²) in [6, 6.07) is 6.94. The van der Waals surface area contributed by atoms with E-state index in [1.54, 1.807) is 22.7 Å². The van der Waals surface area contributed by atoms with Crippen molar-refractivity contribution in [3.05, 3.63) is 63.8 Å². The third-order valence-corrected chi connectivity index (χ3v) is 6.21. The minimum atomic E-state index is -0.275. The summed E-state index contributed by atoms with van der Waals surface area (Å²) < 4.78 is 7.24. The molecule has 0 saturated carbocycles. The summed E-state index contributed by atoms with van der Waals surface area (Å²) in [5.41, 5.74) is 3.26. The first-order chi connectivity index (χ1) is 16.1. The summed E-state index contributed by atoms with van der Waals surface area (Å²) in [5.74, 6) is 0.539. The van der Waals surface area contributed by atoms with Crippen molar-refractivity contribution in [3.63, 3.8) is 0 Å². The Labute approximate surface area is 192 Å². The summed E-state index contributed by atoms with van der Waals surface area (Å²) in [4.78, 5) is 38.3. The van der Waals surface area contributed by atoms with Gasteiger partial charge in [-0.25, -0.2) is 4.98 Å². The average Bonchev–Trinajstić information content (AvgIpc) is 3.35. The Morgan fingerprint density at radius 3 is 2.70 bits per heavy atom. The highest BCUT2D eigenvalue weighted by molar-refractivity contribution is 6.07. The van der Waals surface area contributed by atoms with E-state index in [1.165, 1.54) is 6.07 Å². The zero-order chi connectivity index (χ0) is 22.8. The van der Waals surface area contributed by atoms with E-state index in [2.05, 4.69) is 20.1 Å². The van der Waals surface area contributed by atoms with Crippen LogP contribution >= 0.6 is 0 Å². The Balaban J connectivity index is 1.44. The first-order valence-electron chi connectivity index (χ1n) is 11.4. The summed E-state index contributed by atoms with van der Waals surface area (Å²) in [7, 11) is 0. The van der Waals surface area contributed by atoms with Gasteiger partial charge in [0.15, 0.2) is 0 Å². The number of carbonyl (C=O) groups is 1. The second kappa shape index (κ2) is 9.29. The van der Waals surface area contributed by atoms with Crippen LogP contribution in [0.5, 0.6) is 0 Å². The van der Waals surface area contributed by atoms with Crippen molar-refractivity contribution in [2.45, 2.75) is 26.3 Å². The summed E-state index contributed by atoms with van der Waals surface area (Å²) in [6.45, 7) is 7.61. The van der Waals surface area contributed by atoms with E-state index in [0.29, 0.717) is 16.9 Å². The van der Waals surface area contributed by atoms with Crippen molar-refractivity contribution >= 4 is 23.1 Å². The molecular formula is C24H28N6O3. The molecule has 0 bridgehead atoms. The summed E-state index contributed by atoms with van der Waals surface area (Å²) in [5, 5.41) is 3.02. The third-order valence-electron chi connectivity index (χ3n) is 6.21. The number of morpholine rings is 1. The normalized spacial score (nSPS) is 16.9. The van der Waals surface area contributed by atoms with Crippen LogP contribution in [0.25, 0.3) is 5.65 Å². The Morgan fingerprint density at radius 1 is 1.12 bits per heavy atom. The molecule has 0 aromatic carbocycles. The van der Waals surface area contributed by atoms with Gasteiger partial charge in [-0.05, 0) is 43.5 Å². The smallest absolute Gasteiger partial charge is 0.273 e. The highest BCUT2D eigenvalue weighted by Crippen LogP contribution is 2.25. The van der Waals surface area contributed by atoms with E-state index < -0.39 is 0 Å². The van der Waals surface area contributed by atoms with Crippen LogP contribution in [-0.2, 0) is 11.3 Å². The van der Waals surface area contributed by atoms with Crippen molar-refractivity contribution in [1.29, 1.82) is 0 Å². The van der Waals surface area contributed by atoms with Crippen LogP contribution in [0.2, 0.25) is 0 Å². The number of aryl methyl sites for hydroxylation is 1. The van der Waals surface area contributed by atoms with Crippen LogP contribution in [0.15, 0.2) is 41.5 Å². The van der Waals surface area contributed by atoms with Crippen LogP contribution in [-0.4, -0.2) is 64.6 Å². The SMILES string of the molecule is Cc1cc(=O)nc2ccc(NC(=O)c3cc(CN4CCOCC4)cnc3N3CCCC3)cn12. The van der Waals surface area contributed by atoms with Crippen molar-refractivity contribution in [1.82, 2.24) is 19.3 Å². The number of fused-ring (bicyclic) bond motifs is 1. The van der Waals surface area contributed by atoms with Gasteiger partial charge in [0.1, 0.15) is 11.5 Å². The van der Waals surface area contributed by atoms with Crippen LogP contribution in [0.3, 0.4) is 0 Å². The fourth-order valence-electron chi connectivity index (χ4n) is 4.49. The van der Waals surface area contributed by atoms with Gasteiger partial charge in [0.2, 0.25) is 0 Å². The van der Waals surface area contributed by atoms with Crippen LogP contribution < -0.4 is 15.8 Å². The molecule has 2 saturated heterocycles. The molecule has 2 fully saturated rings.